The normalized spacial score (nSPS) is 10.9. The first-order chi connectivity index (χ1) is 11.8. The largest absolute Gasteiger partial charge is 0.497 e. The van der Waals surface area contributed by atoms with E-state index in [9.17, 15) is 0 Å². The molecule has 4 rings (SSSR count). The first-order valence-electron chi connectivity index (χ1n) is 7.74. The van der Waals surface area contributed by atoms with Crippen LogP contribution in [-0.2, 0) is 0 Å². The SMILES string of the molecule is COc1ccc(-n2c(-c3ccccc3)nc3cc(N)ccc32)cc1. The van der Waals surface area contributed by atoms with E-state index < -0.39 is 0 Å². The van der Waals surface area contributed by atoms with Crippen LogP contribution >= 0.6 is 0 Å². The number of nitrogens with two attached hydrogens (primary N) is 1. The van der Waals surface area contributed by atoms with Crippen LogP contribution in [0.4, 0.5) is 5.69 Å². The van der Waals surface area contributed by atoms with Gasteiger partial charge in [-0.2, -0.15) is 0 Å². The molecule has 4 nitrogen and oxygen atoms in total. The summed E-state index contributed by atoms with van der Waals surface area (Å²) in [6, 6.07) is 23.9. The fourth-order valence-electron chi connectivity index (χ4n) is 2.87. The van der Waals surface area contributed by atoms with E-state index in [2.05, 4.69) is 16.7 Å². The number of rotatable bonds is 3. The summed E-state index contributed by atoms with van der Waals surface area (Å²) < 4.78 is 7.41. The number of fused-ring (bicyclic) bond motifs is 1. The van der Waals surface area contributed by atoms with Crippen LogP contribution in [0.3, 0.4) is 0 Å². The Balaban J connectivity index is 2.00. The molecule has 0 spiro atoms. The number of hydrogen-bond acceptors (Lipinski definition) is 3. The Morgan fingerprint density at radius 1 is 0.917 bits per heavy atom. The van der Waals surface area contributed by atoms with Gasteiger partial charge in [-0.05, 0) is 42.5 Å². The molecule has 0 aliphatic rings. The third-order valence-corrected chi connectivity index (χ3v) is 4.04. The Bertz CT molecular complexity index is 989. The third-order valence-electron chi connectivity index (χ3n) is 4.04. The standard InChI is InChI=1S/C20H17N3O/c1-24-17-10-8-16(9-11-17)23-19-12-7-15(21)13-18(19)22-20(23)14-5-3-2-4-6-14/h2-13H,21H2,1H3. The van der Waals surface area contributed by atoms with Gasteiger partial charge >= 0.3 is 0 Å². The molecule has 0 aliphatic heterocycles. The monoisotopic (exact) mass is 315 g/mol. The second kappa shape index (κ2) is 5.74. The lowest BCUT2D eigenvalue weighted by molar-refractivity contribution is 0.415. The minimum atomic E-state index is 0.710. The second-order valence-corrected chi connectivity index (χ2v) is 5.58. The van der Waals surface area contributed by atoms with Crippen LogP contribution in [0, 0.1) is 0 Å². The predicted octanol–water partition coefficient (Wildman–Crippen LogP) is 4.28. The van der Waals surface area contributed by atoms with Gasteiger partial charge in [-0.15, -0.1) is 0 Å². The van der Waals surface area contributed by atoms with Gasteiger partial charge in [0.15, 0.2) is 0 Å². The molecule has 2 N–H and O–H groups in total. The number of ether oxygens (including phenoxy) is 1. The van der Waals surface area contributed by atoms with E-state index in [0.29, 0.717) is 5.69 Å². The van der Waals surface area contributed by atoms with Crippen molar-refractivity contribution >= 4 is 16.7 Å². The van der Waals surface area contributed by atoms with Gasteiger partial charge in [-0.3, -0.25) is 4.57 Å². The topological polar surface area (TPSA) is 53.1 Å². The summed E-state index contributed by atoms with van der Waals surface area (Å²) in [6.07, 6.45) is 0. The van der Waals surface area contributed by atoms with Crippen molar-refractivity contribution < 1.29 is 4.74 Å². The van der Waals surface area contributed by atoms with E-state index in [1.807, 2.05) is 60.7 Å². The lowest BCUT2D eigenvalue weighted by Crippen LogP contribution is -1.97. The van der Waals surface area contributed by atoms with Crippen molar-refractivity contribution in [2.24, 2.45) is 0 Å². The van der Waals surface area contributed by atoms with Crippen LogP contribution in [0.25, 0.3) is 28.1 Å². The molecule has 0 unspecified atom stereocenters. The van der Waals surface area contributed by atoms with Gasteiger partial charge in [0.25, 0.3) is 0 Å². The smallest absolute Gasteiger partial charge is 0.145 e. The van der Waals surface area contributed by atoms with E-state index in [0.717, 1.165) is 33.9 Å². The Morgan fingerprint density at radius 2 is 1.67 bits per heavy atom. The highest BCUT2D eigenvalue weighted by Gasteiger charge is 2.14. The maximum absolute atomic E-state index is 5.93. The molecule has 118 valence electrons. The van der Waals surface area contributed by atoms with E-state index in [-0.39, 0.29) is 0 Å². The summed E-state index contributed by atoms with van der Waals surface area (Å²) in [4.78, 5) is 4.81. The number of anilines is 1. The van der Waals surface area contributed by atoms with Crippen molar-refractivity contribution in [3.05, 3.63) is 72.8 Å². The van der Waals surface area contributed by atoms with Crippen molar-refractivity contribution in [2.45, 2.75) is 0 Å². The summed E-state index contributed by atoms with van der Waals surface area (Å²) in [5, 5.41) is 0. The molecule has 0 aliphatic carbocycles. The zero-order chi connectivity index (χ0) is 16.5. The molecular weight excluding hydrogens is 298 g/mol. The number of benzene rings is 3. The van der Waals surface area contributed by atoms with Crippen LogP contribution < -0.4 is 10.5 Å². The molecule has 0 atom stereocenters. The van der Waals surface area contributed by atoms with Gasteiger partial charge in [0, 0.05) is 16.9 Å². The number of hydrogen-bond donors (Lipinski definition) is 1. The quantitative estimate of drug-likeness (QED) is 0.574. The van der Waals surface area contributed by atoms with Crippen molar-refractivity contribution in [2.75, 3.05) is 12.8 Å². The number of aromatic nitrogens is 2. The highest BCUT2D eigenvalue weighted by atomic mass is 16.5. The number of methoxy groups -OCH3 is 1. The maximum Gasteiger partial charge on any atom is 0.145 e. The minimum Gasteiger partial charge on any atom is -0.497 e. The molecule has 3 aromatic carbocycles. The summed E-state index contributed by atoms with van der Waals surface area (Å²) in [7, 11) is 1.67. The fraction of sp³-hybridized carbons (Fsp3) is 0.0500. The zero-order valence-electron chi connectivity index (χ0n) is 13.3. The number of imidazole rings is 1. The van der Waals surface area contributed by atoms with Crippen LogP contribution in [0.1, 0.15) is 0 Å². The minimum absolute atomic E-state index is 0.710. The molecular formula is C20H17N3O. The number of nitrogen functional groups attached to an aromatic ring is 1. The summed E-state index contributed by atoms with van der Waals surface area (Å²) in [6.45, 7) is 0. The van der Waals surface area contributed by atoms with Crippen LogP contribution in [0.2, 0.25) is 0 Å². The van der Waals surface area contributed by atoms with E-state index in [4.69, 9.17) is 15.5 Å². The van der Waals surface area contributed by atoms with Gasteiger partial charge in [-0.1, -0.05) is 30.3 Å². The first-order valence-corrected chi connectivity index (χ1v) is 7.74. The van der Waals surface area contributed by atoms with Crippen molar-refractivity contribution in [3.8, 4) is 22.8 Å². The van der Waals surface area contributed by atoms with Gasteiger partial charge < -0.3 is 10.5 Å². The molecule has 0 saturated carbocycles. The van der Waals surface area contributed by atoms with E-state index in [1.54, 1.807) is 7.11 Å². The van der Waals surface area contributed by atoms with Gasteiger partial charge in [0.1, 0.15) is 11.6 Å². The second-order valence-electron chi connectivity index (χ2n) is 5.58. The van der Waals surface area contributed by atoms with E-state index in [1.165, 1.54) is 0 Å². The van der Waals surface area contributed by atoms with E-state index >= 15 is 0 Å². The fourth-order valence-corrected chi connectivity index (χ4v) is 2.87. The molecule has 0 radical (unpaired) electrons. The molecule has 0 bridgehead atoms. The Morgan fingerprint density at radius 3 is 2.38 bits per heavy atom. The highest BCUT2D eigenvalue weighted by Crippen LogP contribution is 2.30. The van der Waals surface area contributed by atoms with Crippen molar-refractivity contribution in [1.29, 1.82) is 0 Å². The molecule has 0 amide bonds. The Kier molecular flexibility index (Phi) is 3.43. The van der Waals surface area contributed by atoms with Gasteiger partial charge in [-0.25, -0.2) is 4.98 Å². The molecule has 0 fully saturated rings. The highest BCUT2D eigenvalue weighted by molar-refractivity contribution is 5.85. The lowest BCUT2D eigenvalue weighted by atomic mass is 10.2. The van der Waals surface area contributed by atoms with Gasteiger partial charge in [0.2, 0.25) is 0 Å². The van der Waals surface area contributed by atoms with Crippen LogP contribution in [-0.4, -0.2) is 16.7 Å². The van der Waals surface area contributed by atoms with Crippen LogP contribution in [0.15, 0.2) is 72.8 Å². The Hall–Kier alpha value is -3.27. The summed E-state index contributed by atoms with van der Waals surface area (Å²) in [5.41, 5.74) is 10.6. The van der Waals surface area contributed by atoms with Crippen molar-refractivity contribution in [3.63, 3.8) is 0 Å². The molecule has 4 aromatic rings. The molecule has 4 heteroatoms. The third kappa shape index (κ3) is 2.38. The van der Waals surface area contributed by atoms with Crippen molar-refractivity contribution in [1.82, 2.24) is 9.55 Å². The van der Waals surface area contributed by atoms with Gasteiger partial charge in [0.05, 0.1) is 18.1 Å². The lowest BCUT2D eigenvalue weighted by Gasteiger charge is -2.10. The molecule has 1 aromatic heterocycles. The van der Waals surface area contributed by atoms with Crippen LogP contribution in [0.5, 0.6) is 5.75 Å². The number of nitrogens with zero attached hydrogens (tertiary/aromatic N) is 2. The Labute approximate surface area is 140 Å². The first kappa shape index (κ1) is 14.3. The maximum atomic E-state index is 5.93. The predicted molar refractivity (Wildman–Crippen MR) is 97.5 cm³/mol. The average Bonchev–Trinajstić information content (AvgIpc) is 3.01. The zero-order valence-corrected chi connectivity index (χ0v) is 13.3. The molecule has 24 heavy (non-hydrogen) atoms. The molecule has 0 saturated heterocycles. The summed E-state index contributed by atoms with van der Waals surface area (Å²) >= 11 is 0. The summed E-state index contributed by atoms with van der Waals surface area (Å²) in [5.74, 6) is 1.72. The average molecular weight is 315 g/mol. The molecule has 1 heterocycles.